The molecule has 106 valence electrons. The van der Waals surface area contributed by atoms with Gasteiger partial charge in [-0.3, -0.25) is 0 Å². The zero-order valence-electron chi connectivity index (χ0n) is 10.4. The van der Waals surface area contributed by atoms with Crippen molar-refractivity contribution in [2.24, 2.45) is 5.92 Å². The maximum Gasteiger partial charge on any atom is 0.244 e. The topological polar surface area (TPSA) is 57.6 Å². The Hall–Kier alpha value is -0.140. The van der Waals surface area contributed by atoms with Crippen molar-refractivity contribution in [3.63, 3.8) is 0 Å². The minimum absolute atomic E-state index is 0.0879. The summed E-state index contributed by atoms with van der Waals surface area (Å²) in [7, 11) is -3.66. The number of hydrogen-bond donors (Lipinski definition) is 1. The maximum absolute atomic E-state index is 12.6. The molecule has 1 saturated heterocycles. The van der Waals surface area contributed by atoms with Crippen molar-refractivity contribution in [3.05, 3.63) is 27.7 Å². The van der Waals surface area contributed by atoms with Crippen molar-refractivity contribution in [3.8, 4) is 0 Å². The molecule has 0 aliphatic carbocycles. The van der Waals surface area contributed by atoms with E-state index in [4.69, 9.17) is 11.6 Å². The normalized spacial score (nSPS) is 24.8. The van der Waals surface area contributed by atoms with E-state index >= 15 is 0 Å². The Balaban J connectivity index is 2.42. The van der Waals surface area contributed by atoms with Crippen molar-refractivity contribution >= 4 is 37.6 Å². The molecule has 1 fully saturated rings. The molecule has 1 aliphatic rings. The summed E-state index contributed by atoms with van der Waals surface area (Å²) in [6, 6.07) is 4.32. The van der Waals surface area contributed by atoms with Crippen LogP contribution in [-0.4, -0.2) is 37.0 Å². The highest BCUT2D eigenvalue weighted by Crippen LogP contribution is 2.33. The van der Waals surface area contributed by atoms with Crippen LogP contribution in [0.15, 0.2) is 27.6 Å². The van der Waals surface area contributed by atoms with E-state index in [1.165, 1.54) is 10.4 Å². The third-order valence-electron chi connectivity index (χ3n) is 3.50. The lowest BCUT2D eigenvalue weighted by Gasteiger charge is -2.25. The van der Waals surface area contributed by atoms with Gasteiger partial charge >= 0.3 is 0 Å². The average molecular weight is 369 g/mol. The molecule has 1 aliphatic heterocycles. The van der Waals surface area contributed by atoms with E-state index in [1.54, 1.807) is 12.1 Å². The molecule has 0 radical (unpaired) electrons. The van der Waals surface area contributed by atoms with Gasteiger partial charge in [0.15, 0.2) is 0 Å². The molecule has 7 heteroatoms. The Morgan fingerprint density at radius 1 is 1.53 bits per heavy atom. The zero-order valence-corrected chi connectivity index (χ0v) is 13.5. The lowest BCUT2D eigenvalue weighted by molar-refractivity contribution is 0.191. The van der Waals surface area contributed by atoms with Gasteiger partial charge in [-0.1, -0.05) is 34.5 Å². The van der Waals surface area contributed by atoms with Gasteiger partial charge in [-0.05, 0) is 30.5 Å². The van der Waals surface area contributed by atoms with Gasteiger partial charge in [0.1, 0.15) is 4.90 Å². The van der Waals surface area contributed by atoms with Gasteiger partial charge in [0, 0.05) is 11.0 Å². The lowest BCUT2D eigenvalue weighted by Crippen LogP contribution is -2.39. The molecule has 2 rings (SSSR count). The van der Waals surface area contributed by atoms with Crippen LogP contribution in [0.3, 0.4) is 0 Å². The van der Waals surface area contributed by atoms with Gasteiger partial charge in [0.25, 0.3) is 0 Å². The van der Waals surface area contributed by atoms with Crippen LogP contribution >= 0.6 is 27.5 Å². The predicted octanol–water partition coefficient (Wildman–Crippen LogP) is 2.49. The monoisotopic (exact) mass is 367 g/mol. The fourth-order valence-electron chi connectivity index (χ4n) is 2.35. The molecule has 0 bridgehead atoms. The summed E-state index contributed by atoms with van der Waals surface area (Å²) >= 11 is 9.27. The summed E-state index contributed by atoms with van der Waals surface area (Å²) < 4.78 is 27.3. The number of halogens is 2. The lowest BCUT2D eigenvalue weighted by atomic mass is 10.0. The number of aliphatic hydroxyl groups excluding tert-OH is 1. The van der Waals surface area contributed by atoms with Crippen molar-refractivity contribution in [1.29, 1.82) is 0 Å². The van der Waals surface area contributed by atoms with Crippen molar-refractivity contribution in [2.75, 3.05) is 13.2 Å². The highest BCUT2D eigenvalue weighted by molar-refractivity contribution is 9.10. The van der Waals surface area contributed by atoms with E-state index < -0.39 is 10.0 Å². The summed E-state index contributed by atoms with van der Waals surface area (Å²) in [5.74, 6) is 0.147. The molecule has 0 spiro atoms. The predicted molar refractivity (Wildman–Crippen MR) is 77.7 cm³/mol. The fraction of sp³-hybridized carbons (Fsp3) is 0.500. The molecule has 1 aromatic carbocycles. The number of aliphatic hydroxyl groups is 1. The molecule has 0 saturated carbocycles. The minimum atomic E-state index is -3.66. The molecule has 0 amide bonds. The summed E-state index contributed by atoms with van der Waals surface area (Å²) in [6.45, 7) is 2.19. The van der Waals surface area contributed by atoms with Crippen molar-refractivity contribution < 1.29 is 13.5 Å². The van der Waals surface area contributed by atoms with Gasteiger partial charge in [-0.25, -0.2) is 8.42 Å². The Morgan fingerprint density at radius 3 is 2.79 bits per heavy atom. The maximum atomic E-state index is 12.6. The van der Waals surface area contributed by atoms with Crippen LogP contribution in [-0.2, 0) is 10.0 Å². The quantitative estimate of drug-likeness (QED) is 0.892. The first-order valence-corrected chi connectivity index (χ1v) is 8.56. The zero-order chi connectivity index (χ0) is 14.2. The third kappa shape index (κ3) is 2.83. The highest BCUT2D eigenvalue weighted by Gasteiger charge is 2.39. The van der Waals surface area contributed by atoms with Crippen LogP contribution in [0.2, 0.25) is 5.02 Å². The van der Waals surface area contributed by atoms with Gasteiger partial charge in [0.05, 0.1) is 17.7 Å². The molecular formula is C12H15BrClNO3S. The second-order valence-electron chi connectivity index (χ2n) is 4.71. The average Bonchev–Trinajstić information content (AvgIpc) is 2.70. The summed E-state index contributed by atoms with van der Waals surface area (Å²) in [5.41, 5.74) is 0. The molecule has 2 atom stereocenters. The van der Waals surface area contributed by atoms with E-state index in [2.05, 4.69) is 15.9 Å². The molecular weight excluding hydrogens is 354 g/mol. The SMILES string of the molecule is CC1CCN(S(=O)(=O)c2ccc(Br)cc2Cl)C1CO. The molecule has 1 heterocycles. The fourth-order valence-corrected chi connectivity index (χ4v) is 5.09. The molecule has 1 aromatic rings. The Morgan fingerprint density at radius 2 is 2.21 bits per heavy atom. The second-order valence-corrected chi connectivity index (χ2v) is 7.89. The molecule has 19 heavy (non-hydrogen) atoms. The first-order valence-electron chi connectivity index (χ1n) is 5.95. The highest BCUT2D eigenvalue weighted by atomic mass is 79.9. The van der Waals surface area contributed by atoms with Crippen molar-refractivity contribution in [1.82, 2.24) is 4.31 Å². The van der Waals surface area contributed by atoms with Crippen LogP contribution in [0.25, 0.3) is 0 Å². The first-order chi connectivity index (χ1) is 8.87. The Bertz CT molecular complexity index is 578. The van der Waals surface area contributed by atoms with Gasteiger partial charge in [-0.15, -0.1) is 0 Å². The van der Waals surface area contributed by atoms with E-state index in [-0.39, 0.29) is 28.5 Å². The van der Waals surface area contributed by atoms with Crippen LogP contribution in [0.4, 0.5) is 0 Å². The second kappa shape index (κ2) is 5.69. The van der Waals surface area contributed by atoms with Crippen LogP contribution < -0.4 is 0 Å². The number of rotatable bonds is 3. The van der Waals surface area contributed by atoms with Crippen molar-refractivity contribution in [2.45, 2.75) is 24.3 Å². The Labute approximate surface area is 126 Å². The third-order valence-corrected chi connectivity index (χ3v) is 6.40. The summed E-state index contributed by atoms with van der Waals surface area (Å²) in [6.07, 6.45) is 0.749. The van der Waals surface area contributed by atoms with Gasteiger partial charge in [-0.2, -0.15) is 4.31 Å². The largest absolute Gasteiger partial charge is 0.395 e. The van der Waals surface area contributed by atoms with E-state index in [0.717, 1.165) is 10.9 Å². The van der Waals surface area contributed by atoms with E-state index in [9.17, 15) is 13.5 Å². The minimum Gasteiger partial charge on any atom is -0.395 e. The Kier molecular flexibility index (Phi) is 4.57. The summed E-state index contributed by atoms with van der Waals surface area (Å²) in [4.78, 5) is 0.0879. The first kappa shape index (κ1) is 15.3. The number of hydrogen-bond acceptors (Lipinski definition) is 3. The number of nitrogens with zero attached hydrogens (tertiary/aromatic N) is 1. The van der Waals surface area contributed by atoms with Crippen LogP contribution in [0, 0.1) is 5.92 Å². The van der Waals surface area contributed by atoms with E-state index in [1.807, 2.05) is 6.92 Å². The van der Waals surface area contributed by atoms with Gasteiger partial charge in [0.2, 0.25) is 10.0 Å². The molecule has 2 unspecified atom stereocenters. The molecule has 1 N–H and O–H groups in total. The van der Waals surface area contributed by atoms with Crippen LogP contribution in [0.1, 0.15) is 13.3 Å². The van der Waals surface area contributed by atoms with E-state index in [0.29, 0.717) is 6.54 Å². The van der Waals surface area contributed by atoms with Crippen LogP contribution in [0.5, 0.6) is 0 Å². The molecule has 4 nitrogen and oxygen atoms in total. The van der Waals surface area contributed by atoms with Gasteiger partial charge < -0.3 is 5.11 Å². The number of benzene rings is 1. The number of sulfonamides is 1. The molecule has 0 aromatic heterocycles. The summed E-state index contributed by atoms with van der Waals surface area (Å²) in [5, 5.41) is 9.57. The standard InChI is InChI=1S/C12H15BrClNO3S/c1-8-4-5-15(11(8)7-16)19(17,18)12-3-2-9(13)6-10(12)14/h2-3,6,8,11,16H,4-5,7H2,1H3. The smallest absolute Gasteiger partial charge is 0.244 e.